The molecule has 1 aromatic rings. The minimum absolute atomic E-state index is 0.0308. The zero-order valence-electron chi connectivity index (χ0n) is 9.70. The summed E-state index contributed by atoms with van der Waals surface area (Å²) in [6, 6.07) is 0.0308. The summed E-state index contributed by atoms with van der Waals surface area (Å²) >= 11 is 0. The Morgan fingerprint density at radius 2 is 2.25 bits per heavy atom. The molecule has 0 spiro atoms. The lowest BCUT2D eigenvalue weighted by Crippen LogP contribution is -2.23. The summed E-state index contributed by atoms with van der Waals surface area (Å²) in [5, 5.41) is 3.03. The van der Waals surface area contributed by atoms with Gasteiger partial charge in [0, 0.05) is 19.3 Å². The molecule has 92 valence electrons. The number of hydrogen-bond acceptors (Lipinski definition) is 3. The van der Waals surface area contributed by atoms with Gasteiger partial charge in [0.1, 0.15) is 0 Å². The molecule has 1 atom stereocenters. The van der Waals surface area contributed by atoms with Crippen LogP contribution in [0.5, 0.6) is 0 Å². The minimum Gasteiger partial charge on any atom is -0.383 e. The van der Waals surface area contributed by atoms with Crippen LogP contribution in [-0.2, 0) is 11.3 Å². The van der Waals surface area contributed by atoms with Gasteiger partial charge >= 0.3 is 0 Å². The van der Waals surface area contributed by atoms with Crippen molar-refractivity contribution in [1.29, 1.82) is 0 Å². The zero-order valence-corrected chi connectivity index (χ0v) is 9.70. The molecule has 0 aliphatic heterocycles. The Balaban J connectivity index is 2.70. The van der Waals surface area contributed by atoms with Crippen LogP contribution in [0.1, 0.15) is 12.6 Å². The minimum atomic E-state index is -2.38. The number of alkyl halides is 2. The molecular weight excluding hydrogens is 216 g/mol. The van der Waals surface area contributed by atoms with Gasteiger partial charge in [-0.15, -0.1) is 0 Å². The zero-order chi connectivity index (χ0) is 12.1. The Kier molecular flexibility index (Phi) is 4.67. The van der Waals surface area contributed by atoms with Crippen LogP contribution in [0, 0.1) is 6.92 Å². The summed E-state index contributed by atoms with van der Waals surface area (Å²) in [4.78, 5) is 4.15. The quantitative estimate of drug-likeness (QED) is 0.815. The molecule has 0 bridgehead atoms. The molecule has 16 heavy (non-hydrogen) atoms. The SMILES string of the molecule is COCC(C)Nc1nc(C)cn1CC(F)F. The molecule has 0 saturated carbocycles. The third-order valence-electron chi connectivity index (χ3n) is 2.02. The van der Waals surface area contributed by atoms with Crippen LogP contribution in [0.15, 0.2) is 6.20 Å². The number of imidazole rings is 1. The smallest absolute Gasteiger partial charge is 0.256 e. The molecule has 6 heteroatoms. The fourth-order valence-corrected chi connectivity index (χ4v) is 1.46. The average molecular weight is 233 g/mol. The van der Waals surface area contributed by atoms with Gasteiger partial charge in [-0.3, -0.25) is 0 Å². The maximum absolute atomic E-state index is 12.3. The van der Waals surface area contributed by atoms with Crippen LogP contribution < -0.4 is 5.32 Å². The average Bonchev–Trinajstić information content (AvgIpc) is 2.45. The van der Waals surface area contributed by atoms with E-state index in [2.05, 4.69) is 10.3 Å². The van der Waals surface area contributed by atoms with Gasteiger partial charge in [-0.2, -0.15) is 0 Å². The molecule has 0 aliphatic carbocycles. The van der Waals surface area contributed by atoms with Crippen LogP contribution >= 0.6 is 0 Å². The third-order valence-corrected chi connectivity index (χ3v) is 2.02. The number of aryl methyl sites for hydroxylation is 1. The van der Waals surface area contributed by atoms with Crippen LogP contribution in [-0.4, -0.2) is 35.7 Å². The van der Waals surface area contributed by atoms with Gasteiger partial charge in [0.25, 0.3) is 6.43 Å². The van der Waals surface area contributed by atoms with E-state index >= 15 is 0 Å². The molecular formula is C10H17F2N3O. The van der Waals surface area contributed by atoms with E-state index < -0.39 is 6.43 Å². The van der Waals surface area contributed by atoms with Crippen molar-refractivity contribution >= 4 is 5.95 Å². The van der Waals surface area contributed by atoms with Crippen molar-refractivity contribution in [2.24, 2.45) is 0 Å². The number of methoxy groups -OCH3 is 1. The number of aromatic nitrogens is 2. The first-order valence-corrected chi connectivity index (χ1v) is 5.10. The van der Waals surface area contributed by atoms with Crippen LogP contribution in [0.4, 0.5) is 14.7 Å². The lowest BCUT2D eigenvalue weighted by atomic mass is 10.4. The van der Waals surface area contributed by atoms with E-state index in [0.29, 0.717) is 18.2 Å². The second-order valence-corrected chi connectivity index (χ2v) is 3.75. The molecule has 1 N–H and O–H groups in total. The highest BCUT2D eigenvalue weighted by Crippen LogP contribution is 2.12. The van der Waals surface area contributed by atoms with Gasteiger partial charge in [-0.1, -0.05) is 0 Å². The van der Waals surface area contributed by atoms with Gasteiger partial charge in [0.05, 0.1) is 18.8 Å². The Hall–Kier alpha value is -1.17. The Morgan fingerprint density at radius 1 is 1.56 bits per heavy atom. The molecule has 1 heterocycles. The van der Waals surface area contributed by atoms with Crippen molar-refractivity contribution in [1.82, 2.24) is 9.55 Å². The van der Waals surface area contributed by atoms with Crippen molar-refractivity contribution in [3.05, 3.63) is 11.9 Å². The van der Waals surface area contributed by atoms with Gasteiger partial charge in [0.15, 0.2) is 0 Å². The van der Waals surface area contributed by atoms with Gasteiger partial charge in [-0.25, -0.2) is 13.8 Å². The van der Waals surface area contributed by atoms with E-state index in [9.17, 15) is 8.78 Å². The van der Waals surface area contributed by atoms with E-state index in [0.717, 1.165) is 0 Å². The summed E-state index contributed by atoms with van der Waals surface area (Å²) in [6.45, 7) is 3.83. The van der Waals surface area contributed by atoms with Crippen LogP contribution in [0.2, 0.25) is 0 Å². The number of halogens is 2. The molecule has 0 fully saturated rings. The molecule has 0 saturated heterocycles. The first-order chi connectivity index (χ1) is 7.52. The van der Waals surface area contributed by atoms with Crippen molar-refractivity contribution in [3.8, 4) is 0 Å². The molecule has 0 radical (unpaired) electrons. The summed E-state index contributed by atoms with van der Waals surface area (Å²) in [5.41, 5.74) is 0.716. The van der Waals surface area contributed by atoms with Crippen LogP contribution in [0.25, 0.3) is 0 Å². The predicted octanol–water partition coefficient (Wildman–Crippen LogP) is 1.90. The van der Waals surface area contributed by atoms with E-state index in [1.807, 2.05) is 6.92 Å². The van der Waals surface area contributed by atoms with Crippen LogP contribution in [0.3, 0.4) is 0 Å². The molecule has 0 aromatic carbocycles. The Labute approximate surface area is 93.6 Å². The fourth-order valence-electron chi connectivity index (χ4n) is 1.46. The summed E-state index contributed by atoms with van der Waals surface area (Å²) < 4.78 is 31.0. The van der Waals surface area contributed by atoms with Crippen molar-refractivity contribution in [2.75, 3.05) is 19.0 Å². The monoisotopic (exact) mass is 233 g/mol. The van der Waals surface area contributed by atoms with E-state index in [1.165, 1.54) is 4.57 Å². The van der Waals surface area contributed by atoms with E-state index in [1.54, 1.807) is 20.2 Å². The number of ether oxygens (including phenoxy) is 1. The first-order valence-electron chi connectivity index (χ1n) is 5.10. The normalized spacial score (nSPS) is 13.1. The van der Waals surface area contributed by atoms with E-state index in [4.69, 9.17) is 4.74 Å². The first kappa shape index (κ1) is 12.9. The number of nitrogens with one attached hydrogen (secondary N) is 1. The largest absolute Gasteiger partial charge is 0.383 e. The maximum Gasteiger partial charge on any atom is 0.256 e. The highest BCUT2D eigenvalue weighted by Gasteiger charge is 2.12. The van der Waals surface area contributed by atoms with Crippen molar-refractivity contribution in [3.63, 3.8) is 0 Å². The molecule has 1 aromatic heterocycles. The summed E-state index contributed by atoms with van der Waals surface area (Å²) in [7, 11) is 1.59. The molecule has 1 rings (SSSR count). The number of anilines is 1. The summed E-state index contributed by atoms with van der Waals surface area (Å²) in [6.07, 6.45) is -0.777. The molecule has 0 amide bonds. The standard InChI is InChI=1S/C10H17F2N3O/c1-7-4-15(5-9(11)12)10(13-7)14-8(2)6-16-3/h4,8-9H,5-6H2,1-3H3,(H,13,14). The van der Waals surface area contributed by atoms with Crippen molar-refractivity contribution in [2.45, 2.75) is 32.9 Å². The Bertz CT molecular complexity index is 328. The van der Waals surface area contributed by atoms with Crippen molar-refractivity contribution < 1.29 is 13.5 Å². The Morgan fingerprint density at radius 3 is 2.81 bits per heavy atom. The predicted molar refractivity (Wildman–Crippen MR) is 57.9 cm³/mol. The van der Waals surface area contributed by atoms with Gasteiger partial charge < -0.3 is 14.6 Å². The summed E-state index contributed by atoms with van der Waals surface area (Å²) in [5.74, 6) is 0.461. The lowest BCUT2D eigenvalue weighted by Gasteiger charge is -2.14. The molecule has 4 nitrogen and oxygen atoms in total. The van der Waals surface area contributed by atoms with Gasteiger partial charge in [-0.05, 0) is 13.8 Å². The molecule has 1 unspecified atom stereocenters. The third kappa shape index (κ3) is 3.77. The van der Waals surface area contributed by atoms with E-state index in [-0.39, 0.29) is 12.6 Å². The second-order valence-electron chi connectivity index (χ2n) is 3.75. The highest BCUT2D eigenvalue weighted by atomic mass is 19.3. The number of nitrogens with zero attached hydrogens (tertiary/aromatic N) is 2. The lowest BCUT2D eigenvalue weighted by molar-refractivity contribution is 0.127. The van der Waals surface area contributed by atoms with Gasteiger partial charge in [0.2, 0.25) is 5.95 Å². The number of hydrogen-bond donors (Lipinski definition) is 1. The molecule has 0 aliphatic rings. The fraction of sp³-hybridized carbons (Fsp3) is 0.700. The number of rotatable bonds is 6. The topological polar surface area (TPSA) is 39.1 Å². The highest BCUT2D eigenvalue weighted by molar-refractivity contribution is 5.30. The maximum atomic E-state index is 12.3. The second kappa shape index (κ2) is 5.79.